The zero-order valence-electron chi connectivity index (χ0n) is 11.5. The SMILES string of the molecule is CCC1CCCN(S(=O)(=O)c2n[nH]c(C)c2CN)C1. The van der Waals surface area contributed by atoms with E-state index in [-0.39, 0.29) is 11.6 Å². The Hall–Kier alpha value is -0.920. The Kier molecular flexibility index (Phi) is 4.27. The van der Waals surface area contributed by atoms with Crippen LogP contribution in [0.1, 0.15) is 37.4 Å². The van der Waals surface area contributed by atoms with Crippen molar-refractivity contribution in [3.8, 4) is 0 Å². The van der Waals surface area contributed by atoms with Crippen LogP contribution in [0.15, 0.2) is 5.03 Å². The van der Waals surface area contributed by atoms with E-state index in [2.05, 4.69) is 17.1 Å². The number of H-pyrrole nitrogens is 1. The van der Waals surface area contributed by atoms with Gasteiger partial charge in [-0.3, -0.25) is 5.10 Å². The summed E-state index contributed by atoms with van der Waals surface area (Å²) in [6.45, 7) is 5.25. The van der Waals surface area contributed by atoms with Gasteiger partial charge in [0.25, 0.3) is 10.0 Å². The number of hydrogen-bond acceptors (Lipinski definition) is 4. The minimum absolute atomic E-state index is 0.101. The number of nitrogens with two attached hydrogens (primary N) is 1. The summed E-state index contributed by atoms with van der Waals surface area (Å²) in [6.07, 6.45) is 3.03. The molecule has 1 aromatic heterocycles. The highest BCUT2D eigenvalue weighted by Crippen LogP contribution is 2.26. The van der Waals surface area contributed by atoms with Crippen LogP contribution in [0, 0.1) is 12.8 Å². The van der Waals surface area contributed by atoms with Gasteiger partial charge in [0.15, 0.2) is 5.03 Å². The van der Waals surface area contributed by atoms with Crippen LogP contribution in [0.4, 0.5) is 0 Å². The summed E-state index contributed by atoms with van der Waals surface area (Å²) in [5.74, 6) is 0.449. The number of sulfonamides is 1. The lowest BCUT2D eigenvalue weighted by Crippen LogP contribution is -2.40. The standard InChI is InChI=1S/C12H22N4O2S/c1-3-10-5-4-6-16(8-10)19(17,18)12-11(7-13)9(2)14-15-12/h10H,3-8,13H2,1-2H3,(H,14,15). The monoisotopic (exact) mass is 286 g/mol. The minimum Gasteiger partial charge on any atom is -0.326 e. The third-order valence-electron chi connectivity index (χ3n) is 3.88. The van der Waals surface area contributed by atoms with Gasteiger partial charge < -0.3 is 5.73 Å². The molecule has 0 amide bonds. The first kappa shape index (κ1) is 14.5. The van der Waals surface area contributed by atoms with Crippen molar-refractivity contribution >= 4 is 10.0 Å². The maximum atomic E-state index is 12.6. The Bertz CT molecular complexity index is 538. The van der Waals surface area contributed by atoms with E-state index >= 15 is 0 Å². The Morgan fingerprint density at radius 2 is 2.26 bits per heavy atom. The molecule has 0 bridgehead atoms. The first-order valence-corrected chi connectivity index (χ1v) is 8.18. The summed E-state index contributed by atoms with van der Waals surface area (Å²) < 4.78 is 26.8. The number of hydrogen-bond donors (Lipinski definition) is 2. The minimum atomic E-state index is -3.52. The second-order valence-electron chi connectivity index (χ2n) is 5.12. The van der Waals surface area contributed by atoms with E-state index in [1.807, 2.05) is 0 Å². The second kappa shape index (κ2) is 5.60. The average molecular weight is 286 g/mol. The van der Waals surface area contributed by atoms with Gasteiger partial charge in [0.05, 0.1) is 0 Å². The summed E-state index contributed by atoms with van der Waals surface area (Å²) in [7, 11) is -3.52. The number of aryl methyl sites for hydroxylation is 1. The smallest absolute Gasteiger partial charge is 0.262 e. The molecule has 6 nitrogen and oxygen atoms in total. The quantitative estimate of drug-likeness (QED) is 0.863. The molecule has 0 spiro atoms. The van der Waals surface area contributed by atoms with Crippen molar-refractivity contribution in [2.75, 3.05) is 13.1 Å². The van der Waals surface area contributed by atoms with Crippen LogP contribution >= 0.6 is 0 Å². The van der Waals surface area contributed by atoms with Crippen molar-refractivity contribution in [3.05, 3.63) is 11.3 Å². The number of nitrogens with zero attached hydrogens (tertiary/aromatic N) is 2. The molecule has 1 aliphatic rings. The number of piperidine rings is 1. The van der Waals surface area contributed by atoms with Crippen molar-refractivity contribution in [3.63, 3.8) is 0 Å². The fraction of sp³-hybridized carbons (Fsp3) is 0.750. The summed E-state index contributed by atoms with van der Waals surface area (Å²) in [4.78, 5) is 0. The zero-order valence-corrected chi connectivity index (χ0v) is 12.3. The lowest BCUT2D eigenvalue weighted by Gasteiger charge is -2.30. The molecule has 2 heterocycles. The van der Waals surface area contributed by atoms with Crippen LogP contribution in [0.2, 0.25) is 0 Å². The van der Waals surface area contributed by atoms with E-state index in [0.29, 0.717) is 24.6 Å². The van der Waals surface area contributed by atoms with Crippen LogP contribution in [0.5, 0.6) is 0 Å². The van der Waals surface area contributed by atoms with Gasteiger partial charge in [-0.25, -0.2) is 8.42 Å². The molecule has 2 rings (SSSR count). The maximum absolute atomic E-state index is 12.6. The van der Waals surface area contributed by atoms with E-state index in [1.54, 1.807) is 11.2 Å². The third kappa shape index (κ3) is 2.68. The molecular weight excluding hydrogens is 264 g/mol. The second-order valence-corrected chi connectivity index (χ2v) is 6.97. The Morgan fingerprint density at radius 3 is 2.89 bits per heavy atom. The van der Waals surface area contributed by atoms with Crippen molar-refractivity contribution < 1.29 is 8.42 Å². The molecule has 0 aliphatic carbocycles. The lowest BCUT2D eigenvalue weighted by molar-refractivity contribution is 0.261. The molecule has 19 heavy (non-hydrogen) atoms. The number of aromatic nitrogens is 2. The molecule has 1 aromatic rings. The highest BCUT2D eigenvalue weighted by atomic mass is 32.2. The van der Waals surface area contributed by atoms with E-state index in [4.69, 9.17) is 5.73 Å². The predicted octanol–water partition coefficient (Wildman–Crippen LogP) is 0.988. The number of nitrogens with one attached hydrogen (secondary N) is 1. The fourth-order valence-corrected chi connectivity index (χ4v) is 4.31. The maximum Gasteiger partial charge on any atom is 0.262 e. The highest BCUT2D eigenvalue weighted by molar-refractivity contribution is 7.89. The fourth-order valence-electron chi connectivity index (χ4n) is 2.58. The summed E-state index contributed by atoms with van der Waals surface area (Å²) in [6, 6.07) is 0. The molecule has 1 unspecified atom stereocenters. The van der Waals surface area contributed by atoms with Crippen LogP contribution in [-0.4, -0.2) is 36.0 Å². The van der Waals surface area contributed by atoms with E-state index in [9.17, 15) is 8.42 Å². The molecule has 0 saturated carbocycles. The van der Waals surface area contributed by atoms with Crippen LogP contribution in [0.3, 0.4) is 0 Å². The molecule has 7 heteroatoms. The summed E-state index contributed by atoms with van der Waals surface area (Å²) in [5, 5.41) is 6.77. The highest BCUT2D eigenvalue weighted by Gasteiger charge is 2.33. The van der Waals surface area contributed by atoms with Gasteiger partial charge in [0.2, 0.25) is 0 Å². The largest absolute Gasteiger partial charge is 0.326 e. The molecule has 1 aliphatic heterocycles. The van der Waals surface area contributed by atoms with Crippen molar-refractivity contribution in [2.45, 2.75) is 44.7 Å². The zero-order chi connectivity index (χ0) is 14.0. The Morgan fingerprint density at radius 1 is 1.53 bits per heavy atom. The topological polar surface area (TPSA) is 92.1 Å². The molecule has 1 saturated heterocycles. The van der Waals surface area contributed by atoms with Gasteiger partial charge in [0, 0.05) is 30.9 Å². The Labute approximate surface area is 114 Å². The van der Waals surface area contributed by atoms with Gasteiger partial charge in [-0.15, -0.1) is 0 Å². The van der Waals surface area contributed by atoms with Gasteiger partial charge in [-0.1, -0.05) is 13.3 Å². The first-order valence-electron chi connectivity index (χ1n) is 6.74. The lowest BCUT2D eigenvalue weighted by atomic mass is 9.97. The predicted molar refractivity (Wildman–Crippen MR) is 73.0 cm³/mol. The normalized spacial score (nSPS) is 21.7. The van der Waals surface area contributed by atoms with Gasteiger partial charge in [-0.2, -0.15) is 9.40 Å². The van der Waals surface area contributed by atoms with E-state index < -0.39 is 10.0 Å². The molecule has 3 N–H and O–H groups in total. The third-order valence-corrected chi connectivity index (χ3v) is 5.72. The molecular formula is C12H22N4O2S. The molecule has 0 radical (unpaired) electrons. The van der Waals surface area contributed by atoms with E-state index in [1.165, 1.54) is 0 Å². The Balaban J connectivity index is 2.31. The molecule has 1 fully saturated rings. The van der Waals surface area contributed by atoms with Gasteiger partial charge >= 0.3 is 0 Å². The first-order chi connectivity index (χ1) is 9.00. The van der Waals surface area contributed by atoms with Gasteiger partial charge in [-0.05, 0) is 25.7 Å². The number of rotatable bonds is 4. The molecule has 1 atom stereocenters. The van der Waals surface area contributed by atoms with Gasteiger partial charge in [0.1, 0.15) is 0 Å². The van der Waals surface area contributed by atoms with Crippen molar-refractivity contribution in [1.82, 2.24) is 14.5 Å². The summed E-state index contributed by atoms with van der Waals surface area (Å²) >= 11 is 0. The summed E-state index contributed by atoms with van der Waals surface area (Å²) in [5.41, 5.74) is 6.96. The van der Waals surface area contributed by atoms with Crippen molar-refractivity contribution in [2.24, 2.45) is 11.7 Å². The average Bonchev–Trinajstić information content (AvgIpc) is 2.80. The molecule has 108 valence electrons. The van der Waals surface area contributed by atoms with Crippen LogP contribution < -0.4 is 5.73 Å². The number of aromatic amines is 1. The molecule has 0 aromatic carbocycles. The van der Waals surface area contributed by atoms with E-state index in [0.717, 1.165) is 25.0 Å². The van der Waals surface area contributed by atoms with Crippen LogP contribution in [0.25, 0.3) is 0 Å². The van der Waals surface area contributed by atoms with Crippen molar-refractivity contribution in [1.29, 1.82) is 0 Å². The van der Waals surface area contributed by atoms with Crippen LogP contribution in [-0.2, 0) is 16.6 Å².